The standard InChI is InChI=1S/C20H17ClN6O2.C19H17Cl2N5O2/c1-11-7-13(10-22)9-14(19(28)23-3)17(11)25-20(29)16-8-12(2)26-27(16)18-15(21)5-4-6-24-18;1-10-7-12(20)9-13(18(27)22-3)16(10)24-19(28)15-8-11(2)25-26(15)17-14(21)5-4-6-23-17/h4-9H,1-3H3,(H,23,28)(H,25,29);4-9H,1-3H3,(H,22,27)(H,24,28). The molecule has 2 aromatic carbocycles. The van der Waals surface area contributed by atoms with Gasteiger partial charge in [0.15, 0.2) is 11.6 Å². The third-order valence-electron chi connectivity index (χ3n) is 8.19. The lowest BCUT2D eigenvalue weighted by Crippen LogP contribution is -2.24. The molecular weight excluding hydrogens is 793 g/mol. The fourth-order valence-electron chi connectivity index (χ4n) is 5.62. The molecule has 0 radical (unpaired) electrons. The Morgan fingerprint density at radius 1 is 0.632 bits per heavy atom. The number of aryl methyl sites for hydroxylation is 4. The maximum absolute atomic E-state index is 13.1. The van der Waals surface area contributed by atoms with Crippen molar-refractivity contribution in [2.75, 3.05) is 24.7 Å². The zero-order valence-corrected chi connectivity index (χ0v) is 33.6. The summed E-state index contributed by atoms with van der Waals surface area (Å²) >= 11 is 18.5. The first-order chi connectivity index (χ1) is 27.2. The van der Waals surface area contributed by atoms with E-state index in [0.717, 1.165) is 0 Å². The van der Waals surface area contributed by atoms with Crippen LogP contribution in [0, 0.1) is 39.0 Å². The van der Waals surface area contributed by atoms with Gasteiger partial charge in [-0.05, 0) is 99.5 Å². The normalized spacial score (nSPS) is 10.5. The van der Waals surface area contributed by atoms with Crippen LogP contribution in [0.3, 0.4) is 0 Å². The molecule has 0 unspecified atom stereocenters. The molecule has 290 valence electrons. The largest absolute Gasteiger partial charge is 0.355 e. The number of benzene rings is 2. The van der Waals surface area contributed by atoms with Crippen molar-refractivity contribution in [2.24, 2.45) is 0 Å². The first-order valence-electron chi connectivity index (χ1n) is 16.9. The SMILES string of the molecule is CNC(=O)c1cc(C#N)cc(C)c1NC(=O)c1cc(C)nn1-c1ncccc1Cl.CNC(=O)c1cc(Cl)cc(C)c1NC(=O)c1cc(C)nn1-c1ncccc1Cl. The summed E-state index contributed by atoms with van der Waals surface area (Å²) in [4.78, 5) is 59.0. The molecule has 6 aromatic rings. The van der Waals surface area contributed by atoms with Crippen LogP contribution in [0.25, 0.3) is 11.6 Å². The monoisotopic (exact) mass is 825 g/mol. The Labute approximate surface area is 342 Å². The fourth-order valence-corrected chi connectivity index (χ4v) is 6.30. The molecule has 0 aliphatic carbocycles. The summed E-state index contributed by atoms with van der Waals surface area (Å²) in [5.41, 5.74) is 4.33. The van der Waals surface area contributed by atoms with Gasteiger partial charge in [-0.3, -0.25) is 19.2 Å². The molecule has 0 fully saturated rings. The highest BCUT2D eigenvalue weighted by Crippen LogP contribution is 2.28. The van der Waals surface area contributed by atoms with Gasteiger partial charge < -0.3 is 21.3 Å². The number of nitrogens with one attached hydrogen (secondary N) is 4. The Balaban J connectivity index is 0.000000218. The van der Waals surface area contributed by atoms with Crippen LogP contribution in [0.4, 0.5) is 11.4 Å². The third kappa shape index (κ3) is 9.27. The van der Waals surface area contributed by atoms with E-state index in [1.807, 2.05) is 6.07 Å². The average molecular weight is 827 g/mol. The molecule has 18 heteroatoms. The molecule has 4 N–H and O–H groups in total. The zero-order valence-electron chi connectivity index (χ0n) is 31.3. The van der Waals surface area contributed by atoms with Crippen molar-refractivity contribution in [3.8, 4) is 17.7 Å². The minimum absolute atomic E-state index is 0.191. The van der Waals surface area contributed by atoms with Crippen molar-refractivity contribution in [2.45, 2.75) is 27.7 Å². The second-order valence-electron chi connectivity index (χ2n) is 12.3. The molecule has 4 amide bonds. The molecule has 0 saturated carbocycles. The second-order valence-corrected chi connectivity index (χ2v) is 13.6. The lowest BCUT2D eigenvalue weighted by atomic mass is 10.0. The highest BCUT2D eigenvalue weighted by molar-refractivity contribution is 6.32. The topological polar surface area (TPSA) is 202 Å². The first-order valence-corrected chi connectivity index (χ1v) is 18.1. The summed E-state index contributed by atoms with van der Waals surface area (Å²) in [7, 11) is 2.98. The van der Waals surface area contributed by atoms with Crippen LogP contribution in [0.2, 0.25) is 15.1 Å². The second kappa shape index (κ2) is 17.9. The predicted octanol–water partition coefficient (Wildman–Crippen LogP) is 6.82. The number of rotatable bonds is 8. The van der Waals surface area contributed by atoms with Crippen molar-refractivity contribution in [3.05, 3.63) is 139 Å². The molecule has 0 aliphatic rings. The van der Waals surface area contributed by atoms with Gasteiger partial charge in [0, 0.05) is 31.5 Å². The number of aromatic nitrogens is 6. The van der Waals surface area contributed by atoms with Gasteiger partial charge in [-0.2, -0.15) is 15.5 Å². The molecule has 6 rings (SSSR count). The van der Waals surface area contributed by atoms with Crippen LogP contribution < -0.4 is 21.3 Å². The summed E-state index contributed by atoms with van der Waals surface area (Å²) in [6.07, 6.45) is 3.11. The van der Waals surface area contributed by atoms with Crippen molar-refractivity contribution in [3.63, 3.8) is 0 Å². The molecule has 0 atom stereocenters. The fraction of sp³-hybridized carbons (Fsp3) is 0.154. The van der Waals surface area contributed by atoms with Gasteiger partial charge >= 0.3 is 0 Å². The Hall–Kier alpha value is -6.60. The molecule has 57 heavy (non-hydrogen) atoms. The number of anilines is 2. The number of amides is 4. The molecular formula is C39H34Cl3N11O4. The van der Waals surface area contributed by atoms with Crippen LogP contribution in [0.5, 0.6) is 0 Å². The number of carbonyl (C=O) groups is 4. The van der Waals surface area contributed by atoms with E-state index in [9.17, 15) is 24.4 Å². The van der Waals surface area contributed by atoms with E-state index in [4.69, 9.17) is 34.8 Å². The Morgan fingerprint density at radius 2 is 1.07 bits per heavy atom. The van der Waals surface area contributed by atoms with Gasteiger partial charge in [-0.15, -0.1) is 0 Å². The number of nitriles is 1. The van der Waals surface area contributed by atoms with Crippen LogP contribution in [-0.2, 0) is 0 Å². The molecule has 4 aromatic heterocycles. The van der Waals surface area contributed by atoms with E-state index >= 15 is 0 Å². The van der Waals surface area contributed by atoms with Crippen molar-refractivity contribution in [1.82, 2.24) is 40.2 Å². The van der Waals surface area contributed by atoms with Gasteiger partial charge in [0.25, 0.3) is 23.6 Å². The zero-order chi connectivity index (χ0) is 41.6. The van der Waals surface area contributed by atoms with Crippen molar-refractivity contribution in [1.29, 1.82) is 5.26 Å². The number of carbonyl (C=O) groups excluding carboxylic acids is 4. The lowest BCUT2D eigenvalue weighted by Gasteiger charge is -2.14. The van der Waals surface area contributed by atoms with Crippen LogP contribution >= 0.6 is 34.8 Å². The summed E-state index contributed by atoms with van der Waals surface area (Å²) in [6, 6.07) is 18.1. The van der Waals surface area contributed by atoms with Crippen molar-refractivity contribution >= 4 is 69.8 Å². The molecule has 4 heterocycles. The molecule has 0 bridgehead atoms. The van der Waals surface area contributed by atoms with Gasteiger partial charge in [0.2, 0.25) is 0 Å². The highest BCUT2D eigenvalue weighted by atomic mass is 35.5. The molecule has 0 saturated heterocycles. The minimum atomic E-state index is -0.495. The van der Waals surface area contributed by atoms with E-state index in [0.29, 0.717) is 66.2 Å². The first kappa shape index (κ1) is 41.6. The van der Waals surface area contributed by atoms with Gasteiger partial charge in [-0.1, -0.05) is 34.8 Å². The molecule has 15 nitrogen and oxygen atoms in total. The summed E-state index contributed by atoms with van der Waals surface area (Å²) < 4.78 is 2.73. The van der Waals surface area contributed by atoms with E-state index < -0.39 is 17.7 Å². The summed E-state index contributed by atoms with van der Waals surface area (Å²) in [5.74, 6) is -1.09. The molecule has 0 spiro atoms. The van der Waals surface area contributed by atoms with Crippen molar-refractivity contribution < 1.29 is 19.2 Å². The van der Waals surface area contributed by atoms with Crippen LogP contribution in [0.15, 0.2) is 73.1 Å². The summed E-state index contributed by atoms with van der Waals surface area (Å²) in [6.45, 7) is 6.97. The van der Waals surface area contributed by atoms with Crippen LogP contribution in [-0.4, -0.2) is 67.3 Å². The lowest BCUT2D eigenvalue weighted by molar-refractivity contribution is 0.0954. The smallest absolute Gasteiger partial charge is 0.274 e. The predicted molar refractivity (Wildman–Crippen MR) is 217 cm³/mol. The molecule has 0 aliphatic heterocycles. The number of pyridine rings is 2. The van der Waals surface area contributed by atoms with E-state index in [1.54, 1.807) is 88.6 Å². The van der Waals surface area contributed by atoms with Gasteiger partial charge in [0.1, 0.15) is 11.4 Å². The maximum atomic E-state index is 13.1. The van der Waals surface area contributed by atoms with Gasteiger partial charge in [-0.25, -0.2) is 19.3 Å². The Kier molecular flexibility index (Phi) is 13.1. The van der Waals surface area contributed by atoms with Gasteiger partial charge in [0.05, 0.1) is 55.6 Å². The van der Waals surface area contributed by atoms with E-state index in [-0.39, 0.29) is 28.4 Å². The van der Waals surface area contributed by atoms with E-state index in [1.165, 1.54) is 35.6 Å². The number of nitrogens with zero attached hydrogens (tertiary/aromatic N) is 7. The third-order valence-corrected chi connectivity index (χ3v) is 9.00. The Morgan fingerprint density at radius 3 is 1.49 bits per heavy atom. The van der Waals surface area contributed by atoms with E-state index in [2.05, 4.69) is 41.4 Å². The minimum Gasteiger partial charge on any atom is -0.355 e. The van der Waals surface area contributed by atoms with Crippen LogP contribution in [0.1, 0.15) is 69.8 Å². The Bertz CT molecular complexity index is 2590. The maximum Gasteiger partial charge on any atom is 0.274 e. The summed E-state index contributed by atoms with van der Waals surface area (Å²) in [5, 5.41) is 29.5. The average Bonchev–Trinajstić information content (AvgIpc) is 3.78. The number of hydrogen-bond acceptors (Lipinski definition) is 9. The number of hydrogen-bond donors (Lipinski definition) is 4. The highest BCUT2D eigenvalue weighted by Gasteiger charge is 2.24. The number of halogens is 3. The quantitative estimate of drug-likeness (QED) is 0.127.